The first-order valence-corrected chi connectivity index (χ1v) is 11.4. The van der Waals surface area contributed by atoms with Crippen molar-refractivity contribution < 1.29 is 8.95 Å². The number of hydrogen-bond donors (Lipinski definition) is 1. The minimum atomic E-state index is -1.67. The van der Waals surface area contributed by atoms with Crippen LogP contribution in [0, 0.1) is 0 Å². The zero-order valence-electron chi connectivity index (χ0n) is 16.3. The van der Waals surface area contributed by atoms with Crippen LogP contribution in [0.1, 0.15) is 39.2 Å². The van der Waals surface area contributed by atoms with Crippen LogP contribution in [-0.2, 0) is 23.0 Å². The van der Waals surface area contributed by atoms with E-state index in [0.29, 0.717) is 46.2 Å². The molecule has 0 bridgehead atoms. The van der Waals surface area contributed by atoms with Crippen LogP contribution in [0.15, 0.2) is 34.1 Å². The molecule has 0 radical (unpaired) electrons. The summed E-state index contributed by atoms with van der Waals surface area (Å²) in [5, 5.41) is 0. The molecule has 28 heavy (non-hydrogen) atoms. The summed E-state index contributed by atoms with van der Waals surface area (Å²) in [6, 6.07) is 5.04. The first-order chi connectivity index (χ1) is 13.5. The molecule has 0 spiro atoms. The van der Waals surface area contributed by atoms with E-state index in [1.165, 1.54) is 0 Å². The molecule has 0 fully saturated rings. The number of nitrogens with one attached hydrogen (secondary N) is 1. The van der Waals surface area contributed by atoms with Crippen molar-refractivity contribution in [2.75, 3.05) is 6.61 Å². The fraction of sp³-hybridized carbons (Fsp3) is 0.400. The van der Waals surface area contributed by atoms with Crippen LogP contribution in [0.2, 0.25) is 0 Å². The molecular formula is C20H24ClN3O3S. The Hall–Kier alpha value is -2.12. The van der Waals surface area contributed by atoms with Crippen molar-refractivity contribution in [3.8, 4) is 17.1 Å². The van der Waals surface area contributed by atoms with Gasteiger partial charge in [-0.15, -0.1) is 0 Å². The van der Waals surface area contributed by atoms with Crippen LogP contribution < -0.4 is 10.3 Å². The molecule has 1 unspecified atom stereocenters. The maximum Gasteiger partial charge on any atom is 0.275 e. The molecular weight excluding hydrogens is 398 g/mol. The number of aromatic nitrogens is 3. The second kappa shape index (κ2) is 8.92. The van der Waals surface area contributed by atoms with Crippen LogP contribution in [0.5, 0.6) is 5.75 Å². The van der Waals surface area contributed by atoms with Gasteiger partial charge in [0.25, 0.3) is 5.56 Å². The van der Waals surface area contributed by atoms with E-state index >= 15 is 0 Å². The van der Waals surface area contributed by atoms with Crippen LogP contribution in [0.4, 0.5) is 0 Å². The Morgan fingerprint density at radius 3 is 2.68 bits per heavy atom. The molecule has 0 aliphatic heterocycles. The van der Waals surface area contributed by atoms with Crippen molar-refractivity contribution >= 4 is 31.7 Å². The number of halogens is 1. The second-order valence-corrected chi connectivity index (χ2v) is 8.29. The monoisotopic (exact) mass is 421 g/mol. The predicted octanol–water partition coefficient (Wildman–Crippen LogP) is 4.41. The van der Waals surface area contributed by atoms with Gasteiger partial charge in [-0.25, -0.2) is 9.19 Å². The number of nitrogens with zero attached hydrogens (tertiary/aromatic N) is 2. The third kappa shape index (κ3) is 4.00. The Morgan fingerprint density at radius 2 is 2.04 bits per heavy atom. The second-order valence-electron chi connectivity index (χ2n) is 6.53. The van der Waals surface area contributed by atoms with Crippen molar-refractivity contribution in [3.63, 3.8) is 0 Å². The lowest BCUT2D eigenvalue weighted by atomic mass is 10.1. The largest absolute Gasteiger partial charge is 0.493 e. The number of H-pyrrole nitrogens is 1. The van der Waals surface area contributed by atoms with E-state index in [-0.39, 0.29) is 5.56 Å². The van der Waals surface area contributed by atoms with Crippen molar-refractivity contribution in [1.29, 1.82) is 0 Å². The van der Waals surface area contributed by atoms with E-state index < -0.39 is 10.0 Å². The van der Waals surface area contributed by atoms with Crippen LogP contribution in [0.3, 0.4) is 0 Å². The molecule has 2 heterocycles. The molecule has 3 aromatic rings. The molecule has 150 valence electrons. The minimum Gasteiger partial charge on any atom is -0.493 e. The molecule has 0 saturated heterocycles. The van der Waals surface area contributed by atoms with Gasteiger partial charge in [0.15, 0.2) is 0 Å². The normalized spacial score (nSPS) is 12.4. The summed E-state index contributed by atoms with van der Waals surface area (Å²) in [7, 11) is 4.10. The lowest BCUT2D eigenvalue weighted by molar-refractivity contribution is 0.318. The smallest absolute Gasteiger partial charge is 0.275 e. The van der Waals surface area contributed by atoms with E-state index in [9.17, 15) is 9.00 Å². The van der Waals surface area contributed by atoms with Crippen LogP contribution >= 0.6 is 10.7 Å². The Labute approximate surface area is 170 Å². The first-order valence-electron chi connectivity index (χ1n) is 9.47. The molecule has 1 aromatic carbocycles. The maximum atomic E-state index is 12.9. The van der Waals surface area contributed by atoms with Crippen molar-refractivity contribution in [1.82, 2.24) is 14.5 Å². The Balaban J connectivity index is 2.25. The summed E-state index contributed by atoms with van der Waals surface area (Å²) >= 11 is 0. The van der Waals surface area contributed by atoms with Gasteiger partial charge >= 0.3 is 0 Å². The summed E-state index contributed by atoms with van der Waals surface area (Å²) in [5.41, 5.74) is 2.68. The van der Waals surface area contributed by atoms with Crippen LogP contribution in [0.25, 0.3) is 22.4 Å². The van der Waals surface area contributed by atoms with Gasteiger partial charge in [0, 0.05) is 12.7 Å². The number of aryl methyl sites for hydroxylation is 2. The van der Waals surface area contributed by atoms with Gasteiger partial charge in [-0.2, -0.15) is 0 Å². The molecule has 8 heteroatoms. The van der Waals surface area contributed by atoms with Crippen LogP contribution in [-0.4, -0.2) is 25.4 Å². The lowest BCUT2D eigenvalue weighted by Gasteiger charge is -2.12. The third-order valence-corrected chi connectivity index (χ3v) is 5.67. The standard InChI is InChI=1S/C20H24ClN3O3S/c1-4-7-13-12-24(6-3)18-17(13)22-19(23-20(18)25)15-11-14(28(21)26)8-9-16(15)27-10-5-2/h8-9,11-12H,4-7,10H2,1-3H3,(H,22,23,25). The predicted molar refractivity (Wildman–Crippen MR) is 114 cm³/mol. The topological polar surface area (TPSA) is 77.0 Å². The Bertz CT molecular complexity index is 1070. The number of hydrogen-bond acceptors (Lipinski definition) is 4. The van der Waals surface area contributed by atoms with E-state index in [4.69, 9.17) is 20.4 Å². The van der Waals surface area contributed by atoms with Gasteiger partial charge < -0.3 is 14.3 Å². The van der Waals surface area contributed by atoms with Crippen molar-refractivity contribution in [2.24, 2.45) is 0 Å². The minimum absolute atomic E-state index is 0.206. The lowest BCUT2D eigenvalue weighted by Crippen LogP contribution is -2.13. The van der Waals surface area contributed by atoms with Gasteiger partial charge in [-0.3, -0.25) is 4.79 Å². The molecule has 6 nitrogen and oxygen atoms in total. The fourth-order valence-electron chi connectivity index (χ4n) is 3.23. The molecule has 3 rings (SSSR count). The molecule has 0 amide bonds. The molecule has 1 atom stereocenters. The summed E-state index contributed by atoms with van der Waals surface area (Å²) < 4.78 is 19.5. The van der Waals surface area contributed by atoms with E-state index in [0.717, 1.165) is 24.8 Å². The third-order valence-electron chi connectivity index (χ3n) is 4.51. The highest BCUT2D eigenvalue weighted by Gasteiger charge is 2.18. The average Bonchev–Trinajstić information content (AvgIpc) is 3.04. The summed E-state index contributed by atoms with van der Waals surface area (Å²) in [4.78, 5) is 20.9. The highest BCUT2D eigenvalue weighted by atomic mass is 35.7. The summed E-state index contributed by atoms with van der Waals surface area (Å²) in [6.45, 7) is 7.32. The summed E-state index contributed by atoms with van der Waals surface area (Å²) in [6.07, 6.45) is 4.63. The van der Waals surface area contributed by atoms with Gasteiger partial charge in [-0.1, -0.05) is 20.3 Å². The van der Waals surface area contributed by atoms with E-state index in [2.05, 4.69) is 11.9 Å². The Kier molecular flexibility index (Phi) is 6.57. The van der Waals surface area contributed by atoms with Gasteiger partial charge in [0.1, 0.15) is 27.1 Å². The first kappa shape index (κ1) is 20.6. The molecule has 0 saturated carbocycles. The fourth-order valence-corrected chi connectivity index (χ4v) is 3.91. The highest BCUT2D eigenvalue weighted by Crippen LogP contribution is 2.31. The molecule has 1 N–H and O–H groups in total. The van der Waals surface area contributed by atoms with Gasteiger partial charge in [0.2, 0.25) is 0 Å². The molecule has 0 aliphatic carbocycles. The van der Waals surface area contributed by atoms with Crippen molar-refractivity contribution in [2.45, 2.75) is 51.5 Å². The number of fused-ring (bicyclic) bond motifs is 1. The summed E-state index contributed by atoms with van der Waals surface area (Å²) in [5.74, 6) is 0.959. The quantitative estimate of drug-likeness (QED) is 0.546. The zero-order valence-corrected chi connectivity index (χ0v) is 17.8. The molecule has 0 aliphatic rings. The number of ether oxygens (including phenoxy) is 1. The van der Waals surface area contributed by atoms with E-state index in [1.54, 1.807) is 18.2 Å². The SMILES string of the molecule is CCCOc1ccc(S(=O)Cl)cc1-c1nc2c(CCC)cn(CC)c2c(=O)[nH]1. The Morgan fingerprint density at radius 1 is 1.25 bits per heavy atom. The molecule has 2 aromatic heterocycles. The average molecular weight is 422 g/mol. The highest BCUT2D eigenvalue weighted by molar-refractivity contribution is 8.08. The van der Waals surface area contributed by atoms with Gasteiger partial charge in [-0.05, 0) is 54.2 Å². The number of rotatable bonds is 8. The maximum absolute atomic E-state index is 12.9. The van der Waals surface area contributed by atoms with Crippen molar-refractivity contribution in [3.05, 3.63) is 40.3 Å². The van der Waals surface area contributed by atoms with E-state index in [1.807, 2.05) is 24.6 Å². The van der Waals surface area contributed by atoms with Gasteiger partial charge in [0.05, 0.1) is 22.6 Å². The number of benzene rings is 1. The zero-order chi connectivity index (χ0) is 20.3. The number of aromatic amines is 1.